The largest absolute Gasteiger partial charge is 0.496 e. The third-order valence-corrected chi connectivity index (χ3v) is 2.87. The highest BCUT2D eigenvalue weighted by atomic mass is 16.5. The van der Waals surface area contributed by atoms with E-state index in [1.807, 2.05) is 26.0 Å². The summed E-state index contributed by atoms with van der Waals surface area (Å²) < 4.78 is 5.27. The van der Waals surface area contributed by atoms with E-state index in [1.54, 1.807) is 25.1 Å². The van der Waals surface area contributed by atoms with Crippen molar-refractivity contribution < 1.29 is 14.6 Å². The highest BCUT2D eigenvalue weighted by Gasteiger charge is 2.27. The van der Waals surface area contributed by atoms with E-state index < -0.39 is 12.0 Å². The second kappa shape index (κ2) is 6.38. The Morgan fingerprint density at radius 2 is 2.16 bits per heavy atom. The fraction of sp³-hybridized carbons (Fsp3) is 0.400. The van der Waals surface area contributed by atoms with Crippen molar-refractivity contribution in [3.63, 3.8) is 0 Å². The van der Waals surface area contributed by atoms with Crippen molar-refractivity contribution in [3.8, 4) is 5.75 Å². The predicted octanol–water partition coefficient (Wildman–Crippen LogP) is 2.64. The molecule has 1 aromatic carbocycles. The van der Waals surface area contributed by atoms with Gasteiger partial charge in [-0.15, -0.1) is 0 Å². The molecule has 0 fully saturated rings. The highest BCUT2D eigenvalue weighted by Crippen LogP contribution is 2.30. The van der Waals surface area contributed by atoms with Gasteiger partial charge in [0.2, 0.25) is 0 Å². The van der Waals surface area contributed by atoms with Crippen LogP contribution in [0.2, 0.25) is 0 Å². The third-order valence-electron chi connectivity index (χ3n) is 2.87. The molecule has 19 heavy (non-hydrogen) atoms. The summed E-state index contributed by atoms with van der Waals surface area (Å²) in [6.45, 7) is 8.16. The number of hydrogen-bond acceptors (Lipinski definition) is 3. The maximum Gasteiger partial charge on any atom is 0.325 e. The zero-order chi connectivity index (χ0) is 14.6. The van der Waals surface area contributed by atoms with Crippen molar-refractivity contribution in [2.75, 3.05) is 20.7 Å². The van der Waals surface area contributed by atoms with Crippen LogP contribution in [0.5, 0.6) is 5.75 Å². The second-order valence-corrected chi connectivity index (χ2v) is 4.86. The molecule has 0 saturated carbocycles. The average molecular weight is 263 g/mol. The standard InChI is InChI=1S/C15H21NO3/c1-10(2)9-16(4)14(15(17)18)12-8-11(3)6-7-13(12)19-5/h6-8,14H,1,9H2,2-5H3,(H,17,18)/t14-/m0/s1. The quantitative estimate of drug-likeness (QED) is 0.802. The van der Waals surface area contributed by atoms with Gasteiger partial charge in [-0.05, 0) is 27.0 Å². The zero-order valence-corrected chi connectivity index (χ0v) is 11.9. The minimum absolute atomic E-state index is 0.522. The number of carboxylic acids is 1. The molecule has 0 aliphatic heterocycles. The van der Waals surface area contributed by atoms with Gasteiger partial charge in [0.25, 0.3) is 0 Å². The number of ether oxygens (including phenoxy) is 1. The molecule has 1 N–H and O–H groups in total. The van der Waals surface area contributed by atoms with E-state index in [2.05, 4.69) is 6.58 Å². The van der Waals surface area contributed by atoms with Gasteiger partial charge >= 0.3 is 5.97 Å². The van der Waals surface area contributed by atoms with Crippen molar-refractivity contribution in [2.24, 2.45) is 0 Å². The number of likely N-dealkylation sites (N-methyl/N-ethyl adjacent to an activating group) is 1. The normalized spacial score (nSPS) is 12.3. The Balaban J connectivity index is 3.22. The van der Waals surface area contributed by atoms with Crippen LogP contribution in [0.3, 0.4) is 0 Å². The van der Waals surface area contributed by atoms with E-state index in [1.165, 1.54) is 0 Å². The molecule has 1 aromatic rings. The first kappa shape index (κ1) is 15.2. The Morgan fingerprint density at radius 3 is 2.63 bits per heavy atom. The van der Waals surface area contributed by atoms with Crippen LogP contribution < -0.4 is 4.74 Å². The van der Waals surface area contributed by atoms with Crippen LogP contribution >= 0.6 is 0 Å². The SMILES string of the molecule is C=C(C)CN(C)[C@H](C(=O)O)c1cc(C)ccc1OC. The Labute approximate surface area is 114 Å². The van der Waals surface area contributed by atoms with Crippen molar-refractivity contribution >= 4 is 5.97 Å². The van der Waals surface area contributed by atoms with Crippen LogP contribution in [0.25, 0.3) is 0 Å². The van der Waals surface area contributed by atoms with E-state index in [0.717, 1.165) is 11.1 Å². The number of methoxy groups -OCH3 is 1. The first-order valence-corrected chi connectivity index (χ1v) is 6.08. The van der Waals surface area contributed by atoms with Gasteiger partial charge in [0.1, 0.15) is 11.8 Å². The van der Waals surface area contributed by atoms with Crippen LogP contribution in [0.1, 0.15) is 24.1 Å². The average Bonchev–Trinajstić information content (AvgIpc) is 2.27. The lowest BCUT2D eigenvalue weighted by Crippen LogP contribution is -2.32. The summed E-state index contributed by atoms with van der Waals surface area (Å²) in [5.41, 5.74) is 2.59. The van der Waals surface area contributed by atoms with Gasteiger partial charge < -0.3 is 9.84 Å². The maximum atomic E-state index is 11.6. The van der Waals surface area contributed by atoms with Gasteiger partial charge in [0, 0.05) is 12.1 Å². The Bertz CT molecular complexity index is 482. The Kier molecular flexibility index (Phi) is 5.12. The second-order valence-electron chi connectivity index (χ2n) is 4.86. The van der Waals surface area contributed by atoms with E-state index in [-0.39, 0.29) is 0 Å². The first-order valence-electron chi connectivity index (χ1n) is 6.08. The monoisotopic (exact) mass is 263 g/mol. The van der Waals surface area contributed by atoms with E-state index >= 15 is 0 Å². The minimum Gasteiger partial charge on any atom is -0.496 e. The molecule has 0 heterocycles. The number of nitrogens with zero attached hydrogens (tertiary/aromatic N) is 1. The molecule has 4 nitrogen and oxygen atoms in total. The molecule has 0 bridgehead atoms. The number of carboxylic acid groups (broad SMARTS) is 1. The molecule has 4 heteroatoms. The molecule has 1 rings (SSSR count). The zero-order valence-electron chi connectivity index (χ0n) is 11.9. The smallest absolute Gasteiger partial charge is 0.325 e. The van der Waals surface area contributed by atoms with Crippen molar-refractivity contribution in [3.05, 3.63) is 41.5 Å². The van der Waals surface area contributed by atoms with Gasteiger partial charge in [-0.2, -0.15) is 0 Å². The highest BCUT2D eigenvalue weighted by molar-refractivity contribution is 5.77. The summed E-state index contributed by atoms with van der Waals surface area (Å²) in [5.74, 6) is -0.306. The molecule has 0 aromatic heterocycles. The molecular formula is C15H21NO3. The summed E-state index contributed by atoms with van der Waals surface area (Å²) in [5, 5.41) is 9.49. The first-order chi connectivity index (χ1) is 8.86. The summed E-state index contributed by atoms with van der Waals surface area (Å²) >= 11 is 0. The lowest BCUT2D eigenvalue weighted by atomic mass is 10.0. The van der Waals surface area contributed by atoms with Crippen LogP contribution in [0, 0.1) is 6.92 Å². The lowest BCUT2D eigenvalue weighted by Gasteiger charge is -2.26. The minimum atomic E-state index is -0.896. The summed E-state index contributed by atoms with van der Waals surface area (Å²) in [7, 11) is 3.32. The fourth-order valence-corrected chi connectivity index (χ4v) is 2.14. The molecule has 0 amide bonds. The molecule has 0 spiro atoms. The predicted molar refractivity (Wildman–Crippen MR) is 75.6 cm³/mol. The lowest BCUT2D eigenvalue weighted by molar-refractivity contribution is -0.142. The van der Waals surface area contributed by atoms with E-state index in [4.69, 9.17) is 4.74 Å². The molecule has 0 saturated heterocycles. The summed E-state index contributed by atoms with van der Waals surface area (Å²) in [6.07, 6.45) is 0. The topological polar surface area (TPSA) is 49.8 Å². The van der Waals surface area contributed by atoms with Gasteiger partial charge in [-0.3, -0.25) is 9.69 Å². The van der Waals surface area contributed by atoms with Crippen LogP contribution in [0.4, 0.5) is 0 Å². The number of carbonyl (C=O) groups is 1. The molecule has 1 atom stereocenters. The number of rotatable bonds is 6. The van der Waals surface area contributed by atoms with Crippen LogP contribution in [0.15, 0.2) is 30.4 Å². The van der Waals surface area contributed by atoms with Crippen molar-refractivity contribution in [1.82, 2.24) is 4.90 Å². The van der Waals surface area contributed by atoms with Gasteiger partial charge in [0.05, 0.1) is 7.11 Å². The van der Waals surface area contributed by atoms with Crippen molar-refractivity contribution in [2.45, 2.75) is 19.9 Å². The fourth-order valence-electron chi connectivity index (χ4n) is 2.14. The molecule has 0 radical (unpaired) electrons. The molecule has 0 aliphatic carbocycles. The third kappa shape index (κ3) is 3.83. The van der Waals surface area contributed by atoms with Crippen LogP contribution in [-0.4, -0.2) is 36.7 Å². The van der Waals surface area contributed by atoms with Crippen LogP contribution in [-0.2, 0) is 4.79 Å². The van der Waals surface area contributed by atoms with E-state index in [9.17, 15) is 9.90 Å². The Hall–Kier alpha value is -1.81. The number of hydrogen-bond donors (Lipinski definition) is 1. The molecule has 0 aliphatic rings. The van der Waals surface area contributed by atoms with Gasteiger partial charge in [-0.1, -0.05) is 29.8 Å². The number of benzene rings is 1. The number of aliphatic carboxylic acids is 1. The summed E-state index contributed by atoms with van der Waals surface area (Å²) in [4.78, 5) is 13.3. The van der Waals surface area contributed by atoms with Gasteiger partial charge in [-0.25, -0.2) is 0 Å². The van der Waals surface area contributed by atoms with Gasteiger partial charge in [0.15, 0.2) is 0 Å². The molecule has 0 unspecified atom stereocenters. The van der Waals surface area contributed by atoms with E-state index in [0.29, 0.717) is 17.9 Å². The summed E-state index contributed by atoms with van der Waals surface area (Å²) in [6, 6.07) is 4.81. The number of aryl methyl sites for hydroxylation is 1. The molecule has 104 valence electrons. The maximum absolute atomic E-state index is 11.6. The molecular weight excluding hydrogens is 242 g/mol. The Morgan fingerprint density at radius 1 is 1.53 bits per heavy atom. The van der Waals surface area contributed by atoms with Crippen molar-refractivity contribution in [1.29, 1.82) is 0 Å².